The number of halogens is 1. The highest BCUT2D eigenvalue weighted by Gasteiger charge is 2.29. The Hall–Kier alpha value is -1.11. The maximum Gasteiger partial charge on any atom is 0.255 e. The first-order chi connectivity index (χ1) is 10.3. The van der Waals surface area contributed by atoms with Crippen LogP contribution in [0.15, 0.2) is 29.2 Å². The van der Waals surface area contributed by atoms with Crippen LogP contribution in [-0.2, 0) is 9.84 Å². The summed E-state index contributed by atoms with van der Waals surface area (Å²) in [5, 5.41) is 3.37. The molecule has 1 N–H and O–H groups in total. The minimum Gasteiger partial charge on any atom is -0.336 e. The summed E-state index contributed by atoms with van der Waals surface area (Å²) in [7, 11) is -3.41. The summed E-state index contributed by atoms with van der Waals surface area (Å²) in [5.41, 5.74) is 0.289. The number of hydrogen-bond acceptors (Lipinski definition) is 4. The Bertz CT molecular complexity index is 638. The van der Waals surface area contributed by atoms with E-state index < -0.39 is 9.84 Å². The molecule has 0 radical (unpaired) electrons. The van der Waals surface area contributed by atoms with Gasteiger partial charge in [-0.25, -0.2) is 8.42 Å². The first-order valence-corrected chi connectivity index (χ1v) is 9.37. The highest BCUT2D eigenvalue weighted by molar-refractivity contribution is 7.91. The molecule has 2 atom stereocenters. The van der Waals surface area contributed by atoms with Gasteiger partial charge in [-0.1, -0.05) is 19.1 Å². The average Bonchev–Trinajstić information content (AvgIpc) is 2.45. The quantitative estimate of drug-likeness (QED) is 0.893. The van der Waals surface area contributed by atoms with Gasteiger partial charge in [-0.3, -0.25) is 4.79 Å². The van der Waals surface area contributed by atoms with Crippen molar-refractivity contribution in [2.75, 3.05) is 18.8 Å². The van der Waals surface area contributed by atoms with Gasteiger partial charge in [-0.15, -0.1) is 12.4 Å². The lowest BCUT2D eigenvalue weighted by atomic mass is 10.1. The third-order valence-electron chi connectivity index (χ3n) is 3.77. The monoisotopic (exact) mass is 360 g/mol. The zero-order valence-corrected chi connectivity index (χ0v) is 15.4. The normalized spacial score (nSPS) is 21.6. The van der Waals surface area contributed by atoms with E-state index in [4.69, 9.17) is 0 Å². The van der Waals surface area contributed by atoms with Crippen molar-refractivity contribution in [2.45, 2.75) is 44.2 Å². The molecule has 1 heterocycles. The lowest BCUT2D eigenvalue weighted by Gasteiger charge is -2.36. The molecule has 7 heteroatoms. The molecule has 0 saturated carbocycles. The molecule has 1 aliphatic rings. The number of sulfone groups is 1. The molecular weight excluding hydrogens is 336 g/mol. The number of nitrogens with zero attached hydrogens (tertiary/aromatic N) is 1. The van der Waals surface area contributed by atoms with Gasteiger partial charge in [0, 0.05) is 25.2 Å². The Morgan fingerprint density at radius 2 is 1.78 bits per heavy atom. The summed E-state index contributed by atoms with van der Waals surface area (Å²) in [6, 6.07) is 6.93. The lowest BCUT2D eigenvalue weighted by molar-refractivity contribution is 0.0670. The van der Waals surface area contributed by atoms with Crippen LogP contribution < -0.4 is 5.32 Å². The number of carbonyl (C=O) groups is 1. The second-order valence-corrected chi connectivity index (χ2v) is 8.07. The van der Waals surface area contributed by atoms with Gasteiger partial charge in [0.1, 0.15) is 0 Å². The zero-order chi connectivity index (χ0) is 16.3. The highest BCUT2D eigenvalue weighted by atomic mass is 35.5. The molecular formula is C16H25ClN2O3S. The van der Waals surface area contributed by atoms with E-state index in [0.29, 0.717) is 19.5 Å². The van der Waals surface area contributed by atoms with E-state index in [1.807, 2.05) is 20.8 Å². The maximum absolute atomic E-state index is 12.8. The molecule has 1 fully saturated rings. The smallest absolute Gasteiger partial charge is 0.255 e. The topological polar surface area (TPSA) is 66.5 Å². The lowest BCUT2D eigenvalue weighted by Crippen LogP contribution is -2.55. The fraction of sp³-hybridized carbons (Fsp3) is 0.562. The minimum absolute atomic E-state index is 0. The van der Waals surface area contributed by atoms with E-state index >= 15 is 0 Å². The third-order valence-corrected chi connectivity index (χ3v) is 5.74. The van der Waals surface area contributed by atoms with Gasteiger partial charge in [-0.05, 0) is 32.4 Å². The molecule has 1 saturated heterocycles. The van der Waals surface area contributed by atoms with Crippen LogP contribution in [0.5, 0.6) is 0 Å². The summed E-state index contributed by atoms with van der Waals surface area (Å²) in [6.07, 6.45) is 0.534. The van der Waals surface area contributed by atoms with Crippen molar-refractivity contribution in [3.8, 4) is 0 Å². The van der Waals surface area contributed by atoms with Crippen LogP contribution in [0.4, 0.5) is 0 Å². The molecule has 1 aromatic rings. The number of nitrogens with one attached hydrogen (secondary N) is 1. The van der Waals surface area contributed by atoms with E-state index in [2.05, 4.69) is 5.32 Å². The molecule has 1 aromatic carbocycles. The van der Waals surface area contributed by atoms with Crippen LogP contribution in [0, 0.1) is 0 Å². The predicted octanol–water partition coefficient (Wildman–Crippen LogP) is 2.11. The number of carbonyl (C=O) groups excluding carboxylic acids is 1. The fourth-order valence-electron chi connectivity index (χ4n) is 2.96. The molecule has 2 rings (SSSR count). The second kappa shape index (κ2) is 8.13. The molecule has 0 aliphatic carbocycles. The number of piperazine rings is 1. The molecule has 1 amide bonds. The molecule has 23 heavy (non-hydrogen) atoms. The van der Waals surface area contributed by atoms with E-state index in [1.54, 1.807) is 23.1 Å². The van der Waals surface area contributed by atoms with Crippen LogP contribution in [-0.4, -0.2) is 50.2 Å². The Kier molecular flexibility index (Phi) is 7.04. The Labute approximate surface area is 144 Å². The standard InChI is InChI=1S/C16H24N2O3S.ClH/c1-4-9-22(20,21)15-8-6-5-7-14(15)16(19)18-10-12(2)17-13(3)11-18;/h5-8,12-13,17H,4,9-11H2,1-3H3;1H. The Balaban J connectivity index is 0.00000264. The SMILES string of the molecule is CCCS(=O)(=O)c1ccccc1C(=O)N1CC(C)NC(C)C1.Cl. The first-order valence-electron chi connectivity index (χ1n) is 7.72. The molecule has 5 nitrogen and oxygen atoms in total. The molecule has 130 valence electrons. The van der Waals surface area contributed by atoms with Gasteiger partial charge in [0.25, 0.3) is 5.91 Å². The number of hydrogen-bond donors (Lipinski definition) is 1. The number of benzene rings is 1. The van der Waals surface area contributed by atoms with E-state index in [0.717, 1.165) is 0 Å². The van der Waals surface area contributed by atoms with Crippen molar-refractivity contribution in [3.63, 3.8) is 0 Å². The largest absolute Gasteiger partial charge is 0.336 e. The van der Waals surface area contributed by atoms with Crippen LogP contribution in [0.3, 0.4) is 0 Å². The third kappa shape index (κ3) is 4.68. The predicted molar refractivity (Wildman–Crippen MR) is 94.0 cm³/mol. The van der Waals surface area contributed by atoms with Crippen molar-refractivity contribution < 1.29 is 13.2 Å². The maximum atomic E-state index is 12.8. The highest BCUT2D eigenvalue weighted by Crippen LogP contribution is 2.20. The van der Waals surface area contributed by atoms with Crippen LogP contribution >= 0.6 is 12.4 Å². The first kappa shape index (κ1) is 19.9. The van der Waals surface area contributed by atoms with Gasteiger partial charge in [0.05, 0.1) is 16.2 Å². The van der Waals surface area contributed by atoms with Crippen molar-refractivity contribution in [3.05, 3.63) is 29.8 Å². The molecule has 0 spiro atoms. The number of rotatable bonds is 4. The van der Waals surface area contributed by atoms with Crippen molar-refractivity contribution in [1.29, 1.82) is 0 Å². The second-order valence-electron chi connectivity index (χ2n) is 5.99. The van der Waals surface area contributed by atoms with Gasteiger partial charge in [0.2, 0.25) is 0 Å². The molecule has 2 unspecified atom stereocenters. The van der Waals surface area contributed by atoms with Crippen molar-refractivity contribution >= 4 is 28.2 Å². The fourth-order valence-corrected chi connectivity index (χ4v) is 4.49. The van der Waals surface area contributed by atoms with Crippen molar-refractivity contribution in [1.82, 2.24) is 10.2 Å². The summed E-state index contributed by atoms with van der Waals surface area (Å²) in [6.45, 7) is 7.05. The van der Waals surface area contributed by atoms with Crippen molar-refractivity contribution in [2.24, 2.45) is 0 Å². The van der Waals surface area contributed by atoms with Gasteiger partial charge in [0.15, 0.2) is 9.84 Å². The zero-order valence-electron chi connectivity index (χ0n) is 13.8. The Morgan fingerprint density at radius 3 is 2.35 bits per heavy atom. The summed E-state index contributed by atoms with van der Waals surface area (Å²) < 4.78 is 24.8. The Morgan fingerprint density at radius 1 is 1.22 bits per heavy atom. The van der Waals surface area contributed by atoms with Gasteiger partial charge >= 0.3 is 0 Å². The summed E-state index contributed by atoms with van der Waals surface area (Å²) in [5.74, 6) is -0.137. The van der Waals surface area contributed by atoms with Gasteiger partial charge < -0.3 is 10.2 Å². The average molecular weight is 361 g/mol. The summed E-state index contributed by atoms with van der Waals surface area (Å²) in [4.78, 5) is 14.7. The molecule has 0 bridgehead atoms. The molecule has 0 aromatic heterocycles. The summed E-state index contributed by atoms with van der Waals surface area (Å²) >= 11 is 0. The molecule has 1 aliphatic heterocycles. The van der Waals surface area contributed by atoms with E-state index in [9.17, 15) is 13.2 Å². The van der Waals surface area contributed by atoms with E-state index in [-0.39, 0.29) is 46.6 Å². The van der Waals surface area contributed by atoms with Crippen LogP contribution in [0.2, 0.25) is 0 Å². The van der Waals surface area contributed by atoms with Crippen LogP contribution in [0.1, 0.15) is 37.6 Å². The van der Waals surface area contributed by atoms with E-state index in [1.165, 1.54) is 6.07 Å². The minimum atomic E-state index is -3.41. The van der Waals surface area contributed by atoms with Gasteiger partial charge in [-0.2, -0.15) is 0 Å². The van der Waals surface area contributed by atoms with Crippen LogP contribution in [0.25, 0.3) is 0 Å². The number of amides is 1.